The summed E-state index contributed by atoms with van der Waals surface area (Å²) in [6.45, 7) is 1.78. The Hall–Kier alpha value is -3.00. The van der Waals surface area contributed by atoms with E-state index >= 15 is 0 Å². The lowest BCUT2D eigenvalue weighted by atomic mass is 9.97. The molecular formula is C22H20ClF3N4O. The van der Waals surface area contributed by atoms with Gasteiger partial charge in [0.1, 0.15) is 11.2 Å². The molecule has 31 heavy (non-hydrogen) atoms. The Labute approximate surface area is 182 Å². The second-order valence-electron chi connectivity index (χ2n) is 7.45. The quantitative estimate of drug-likeness (QED) is 0.539. The lowest BCUT2D eigenvalue weighted by Crippen LogP contribution is -2.35. The fraction of sp³-hybridized carbons (Fsp3) is 0.273. The highest BCUT2D eigenvalue weighted by Crippen LogP contribution is 2.46. The highest BCUT2D eigenvalue weighted by atomic mass is 35.5. The van der Waals surface area contributed by atoms with Crippen molar-refractivity contribution in [1.29, 1.82) is 0 Å². The van der Waals surface area contributed by atoms with E-state index in [1.807, 2.05) is 30.3 Å². The molecule has 0 bridgehead atoms. The topological polar surface area (TPSA) is 59.0 Å². The molecule has 1 aliphatic rings. The molecule has 0 fully saturated rings. The molecule has 0 aliphatic carbocycles. The molecule has 0 saturated heterocycles. The van der Waals surface area contributed by atoms with E-state index in [0.29, 0.717) is 5.56 Å². The van der Waals surface area contributed by atoms with Crippen LogP contribution in [0.15, 0.2) is 60.7 Å². The largest absolute Gasteiger partial charge is 0.409 e. The van der Waals surface area contributed by atoms with Crippen LogP contribution in [0.2, 0.25) is 5.15 Å². The molecule has 0 saturated carbocycles. The van der Waals surface area contributed by atoms with Crippen LogP contribution in [-0.2, 0) is 0 Å². The van der Waals surface area contributed by atoms with Crippen molar-refractivity contribution in [2.75, 3.05) is 5.32 Å². The van der Waals surface area contributed by atoms with E-state index in [1.165, 1.54) is 0 Å². The van der Waals surface area contributed by atoms with Gasteiger partial charge in [-0.3, -0.25) is 9.36 Å². The number of alkyl halides is 3. The zero-order valence-corrected chi connectivity index (χ0v) is 17.3. The molecule has 162 valence electrons. The highest BCUT2D eigenvalue weighted by Gasteiger charge is 2.47. The number of aromatic nitrogens is 2. The predicted molar refractivity (Wildman–Crippen MR) is 112 cm³/mol. The Bertz CT molecular complexity index is 1070. The number of amides is 1. The van der Waals surface area contributed by atoms with E-state index in [2.05, 4.69) is 15.6 Å². The van der Waals surface area contributed by atoms with Crippen molar-refractivity contribution < 1.29 is 18.0 Å². The molecule has 0 radical (unpaired) electrons. The zero-order valence-electron chi connectivity index (χ0n) is 16.5. The number of carbonyl (C=O) groups is 1. The van der Waals surface area contributed by atoms with Crippen molar-refractivity contribution in [2.24, 2.45) is 0 Å². The van der Waals surface area contributed by atoms with E-state index < -0.39 is 24.2 Å². The summed E-state index contributed by atoms with van der Waals surface area (Å²) in [6, 6.07) is 15.1. The molecule has 2 aromatic carbocycles. The number of rotatable bonds is 4. The number of nitrogens with one attached hydrogen (secondary N) is 2. The van der Waals surface area contributed by atoms with Crippen molar-refractivity contribution in [1.82, 2.24) is 14.9 Å². The molecule has 3 aromatic rings. The summed E-state index contributed by atoms with van der Waals surface area (Å²) in [5.74, 6) is -0.716. The first-order valence-corrected chi connectivity index (χ1v) is 10.1. The highest BCUT2D eigenvalue weighted by molar-refractivity contribution is 6.33. The Morgan fingerprint density at radius 3 is 2.39 bits per heavy atom. The maximum absolute atomic E-state index is 13.9. The van der Waals surface area contributed by atoms with Crippen LogP contribution in [0.5, 0.6) is 0 Å². The number of nitrogens with zero attached hydrogens (tertiary/aromatic N) is 2. The molecule has 2 heterocycles. The summed E-state index contributed by atoms with van der Waals surface area (Å²) < 4.78 is 42.6. The molecule has 9 heteroatoms. The summed E-state index contributed by atoms with van der Waals surface area (Å²) in [7, 11) is 0. The first kappa shape index (κ1) is 21.2. The number of hydrogen-bond donors (Lipinski definition) is 2. The molecule has 4 rings (SSSR count). The third-order valence-corrected chi connectivity index (χ3v) is 5.73. The van der Waals surface area contributed by atoms with Crippen molar-refractivity contribution in [3.8, 4) is 0 Å². The van der Waals surface area contributed by atoms with Crippen molar-refractivity contribution in [2.45, 2.75) is 37.6 Å². The number of hydrogen-bond acceptors (Lipinski definition) is 3. The Morgan fingerprint density at radius 2 is 1.77 bits per heavy atom. The van der Waals surface area contributed by atoms with Crippen molar-refractivity contribution in [3.63, 3.8) is 0 Å². The molecule has 1 aromatic heterocycles. The lowest BCUT2D eigenvalue weighted by molar-refractivity contribution is -0.171. The fourth-order valence-electron chi connectivity index (χ4n) is 3.76. The van der Waals surface area contributed by atoms with Crippen LogP contribution >= 0.6 is 11.6 Å². The Morgan fingerprint density at radius 1 is 1.16 bits per heavy atom. The monoisotopic (exact) mass is 448 g/mol. The van der Waals surface area contributed by atoms with Crippen LogP contribution in [0.1, 0.15) is 53.1 Å². The second-order valence-corrected chi connectivity index (χ2v) is 7.81. The van der Waals surface area contributed by atoms with Gasteiger partial charge in [-0.1, -0.05) is 72.3 Å². The van der Waals surface area contributed by atoms with Gasteiger partial charge in [0.2, 0.25) is 5.95 Å². The standard InChI is InChI=1S/C22H20ClF3N4O/c1-13(14-8-4-2-5-9-14)27-20(31)18-19(23)30-17(22(24,25)26)12-16(28-21(30)29-18)15-10-6-3-7-11-15/h2-11,13,16-17H,12H2,1H3,(H,27,31)(H,28,29)/t13-,16-,17+/m0/s1. The number of benzene rings is 2. The van der Waals surface area contributed by atoms with Gasteiger partial charge in [-0.05, 0) is 18.1 Å². The predicted octanol–water partition coefficient (Wildman–Crippen LogP) is 5.69. The molecule has 2 N–H and O–H groups in total. The third kappa shape index (κ3) is 4.25. The van der Waals surface area contributed by atoms with Crippen molar-refractivity contribution >= 4 is 23.5 Å². The zero-order chi connectivity index (χ0) is 22.2. The molecular weight excluding hydrogens is 429 g/mol. The van der Waals surface area contributed by atoms with Crippen LogP contribution in [-0.4, -0.2) is 21.6 Å². The van der Waals surface area contributed by atoms with Gasteiger partial charge in [-0.2, -0.15) is 13.2 Å². The van der Waals surface area contributed by atoms with Crippen LogP contribution in [0, 0.1) is 0 Å². The van der Waals surface area contributed by atoms with Crippen LogP contribution in [0.25, 0.3) is 0 Å². The SMILES string of the molecule is C[C@H](NC(=O)c1nc2n(c1Cl)[C@@H](C(F)(F)F)C[C@@H](c1ccccc1)N2)c1ccccc1. The number of fused-ring (bicyclic) bond motifs is 1. The molecule has 1 aliphatic heterocycles. The Kier molecular flexibility index (Phi) is 5.66. The van der Waals surface area contributed by atoms with Crippen LogP contribution in [0.4, 0.5) is 19.1 Å². The molecule has 0 spiro atoms. The first-order valence-electron chi connectivity index (χ1n) is 9.77. The van der Waals surface area contributed by atoms with Gasteiger partial charge >= 0.3 is 6.18 Å². The Balaban J connectivity index is 1.66. The second kappa shape index (κ2) is 8.26. The molecule has 3 atom stereocenters. The molecule has 1 amide bonds. The van der Waals surface area contributed by atoms with Crippen molar-refractivity contribution in [3.05, 3.63) is 82.6 Å². The maximum atomic E-state index is 13.9. The van der Waals surface area contributed by atoms with Crippen LogP contribution in [0.3, 0.4) is 0 Å². The van der Waals surface area contributed by atoms with Gasteiger partial charge in [0.15, 0.2) is 5.69 Å². The maximum Gasteiger partial charge on any atom is 0.409 e. The lowest BCUT2D eigenvalue weighted by Gasteiger charge is -2.34. The van der Waals surface area contributed by atoms with Gasteiger partial charge in [0.05, 0.1) is 12.1 Å². The van der Waals surface area contributed by atoms with Gasteiger partial charge in [-0.25, -0.2) is 4.98 Å². The minimum Gasteiger partial charge on any atom is -0.349 e. The van der Waals surface area contributed by atoms with Gasteiger partial charge < -0.3 is 10.6 Å². The normalized spacial score (nSPS) is 19.3. The summed E-state index contributed by atoms with van der Waals surface area (Å²) in [5, 5.41) is 5.42. The number of carbonyl (C=O) groups excluding carboxylic acids is 1. The van der Waals surface area contributed by atoms with Gasteiger partial charge in [-0.15, -0.1) is 0 Å². The number of halogens is 4. The van der Waals surface area contributed by atoms with E-state index in [-0.39, 0.29) is 29.3 Å². The van der Waals surface area contributed by atoms with Gasteiger partial charge in [0.25, 0.3) is 5.91 Å². The molecule has 5 nitrogen and oxygen atoms in total. The average molecular weight is 449 g/mol. The summed E-state index contributed by atoms with van der Waals surface area (Å²) in [6.07, 6.45) is -4.82. The minimum absolute atomic E-state index is 0.0788. The smallest absolute Gasteiger partial charge is 0.349 e. The van der Waals surface area contributed by atoms with E-state index in [1.54, 1.807) is 37.3 Å². The minimum atomic E-state index is -4.56. The summed E-state index contributed by atoms with van der Waals surface area (Å²) >= 11 is 6.26. The van der Waals surface area contributed by atoms with E-state index in [4.69, 9.17) is 11.6 Å². The fourth-order valence-corrected chi connectivity index (χ4v) is 4.09. The van der Waals surface area contributed by atoms with Gasteiger partial charge in [0, 0.05) is 6.42 Å². The summed E-state index contributed by atoms with van der Waals surface area (Å²) in [4.78, 5) is 16.9. The van der Waals surface area contributed by atoms with E-state index in [9.17, 15) is 18.0 Å². The molecule has 0 unspecified atom stereocenters. The first-order chi connectivity index (χ1) is 14.8. The summed E-state index contributed by atoms with van der Waals surface area (Å²) in [5.41, 5.74) is 1.31. The average Bonchev–Trinajstić information content (AvgIpc) is 3.10. The van der Waals surface area contributed by atoms with E-state index in [0.717, 1.165) is 10.1 Å². The van der Waals surface area contributed by atoms with Crippen LogP contribution < -0.4 is 10.6 Å². The third-order valence-electron chi connectivity index (χ3n) is 5.37. The number of imidazole rings is 1. The number of anilines is 1.